The van der Waals surface area contributed by atoms with E-state index in [2.05, 4.69) is 11.8 Å². The van der Waals surface area contributed by atoms with Crippen molar-refractivity contribution in [2.24, 2.45) is 0 Å². The van der Waals surface area contributed by atoms with Gasteiger partial charge in [-0.3, -0.25) is 9.69 Å². The molecule has 1 unspecified atom stereocenters. The number of piperidine rings is 1. The molecule has 0 saturated carbocycles. The third-order valence-electron chi connectivity index (χ3n) is 6.23. The van der Waals surface area contributed by atoms with Crippen LogP contribution in [0.15, 0.2) is 47.4 Å². The number of hydrogen-bond donors (Lipinski definition) is 0. The Morgan fingerprint density at radius 1 is 0.966 bits per heavy atom. The minimum atomic E-state index is -3.55. The SMILES string of the molecule is CC1CCCCN1CC(=O)N1CCN(S(=O)(=O)c2ccc3ccccc3c2)CC1. The van der Waals surface area contributed by atoms with Crippen LogP contribution in [-0.4, -0.2) is 73.7 Å². The van der Waals surface area contributed by atoms with Crippen LogP contribution in [0.25, 0.3) is 10.8 Å². The molecule has 2 aliphatic rings. The Morgan fingerprint density at radius 2 is 1.69 bits per heavy atom. The molecule has 1 amide bonds. The molecule has 29 heavy (non-hydrogen) atoms. The molecule has 2 aliphatic heterocycles. The molecule has 156 valence electrons. The van der Waals surface area contributed by atoms with E-state index in [1.165, 1.54) is 10.7 Å². The van der Waals surface area contributed by atoms with E-state index in [1.54, 1.807) is 12.1 Å². The molecule has 0 radical (unpaired) electrons. The van der Waals surface area contributed by atoms with Gasteiger partial charge in [-0.25, -0.2) is 8.42 Å². The van der Waals surface area contributed by atoms with Crippen molar-refractivity contribution in [3.63, 3.8) is 0 Å². The zero-order chi connectivity index (χ0) is 20.4. The molecule has 0 aromatic heterocycles. The maximum atomic E-state index is 13.1. The van der Waals surface area contributed by atoms with Gasteiger partial charge in [-0.2, -0.15) is 4.31 Å². The van der Waals surface area contributed by atoms with Crippen molar-refractivity contribution in [2.45, 2.75) is 37.1 Å². The lowest BCUT2D eigenvalue weighted by Gasteiger charge is -2.37. The Labute approximate surface area is 173 Å². The topological polar surface area (TPSA) is 60.9 Å². The Balaban J connectivity index is 1.39. The second kappa shape index (κ2) is 8.42. The third-order valence-corrected chi connectivity index (χ3v) is 8.12. The second-order valence-electron chi connectivity index (χ2n) is 8.11. The first kappa shape index (κ1) is 20.3. The van der Waals surface area contributed by atoms with Gasteiger partial charge >= 0.3 is 0 Å². The largest absolute Gasteiger partial charge is 0.339 e. The molecule has 0 bridgehead atoms. The van der Waals surface area contributed by atoms with Crippen molar-refractivity contribution in [3.8, 4) is 0 Å². The fraction of sp³-hybridized carbons (Fsp3) is 0.500. The fourth-order valence-electron chi connectivity index (χ4n) is 4.32. The molecule has 2 heterocycles. The van der Waals surface area contributed by atoms with E-state index in [-0.39, 0.29) is 5.91 Å². The van der Waals surface area contributed by atoms with Gasteiger partial charge in [-0.1, -0.05) is 36.8 Å². The van der Waals surface area contributed by atoms with Crippen molar-refractivity contribution >= 4 is 26.7 Å². The number of fused-ring (bicyclic) bond motifs is 1. The third kappa shape index (κ3) is 4.32. The minimum absolute atomic E-state index is 0.113. The van der Waals surface area contributed by atoms with Gasteiger partial charge in [0.1, 0.15) is 0 Å². The van der Waals surface area contributed by atoms with Crippen molar-refractivity contribution in [1.29, 1.82) is 0 Å². The smallest absolute Gasteiger partial charge is 0.243 e. The molecule has 2 fully saturated rings. The van der Waals surface area contributed by atoms with E-state index in [4.69, 9.17) is 0 Å². The first-order valence-corrected chi connectivity index (χ1v) is 11.9. The van der Waals surface area contributed by atoms with Crippen LogP contribution in [0, 0.1) is 0 Å². The highest BCUT2D eigenvalue weighted by molar-refractivity contribution is 7.89. The first-order chi connectivity index (χ1) is 13.9. The molecular formula is C22H29N3O3S. The Bertz CT molecular complexity index is 984. The number of rotatable bonds is 4. The number of piperazine rings is 1. The van der Waals surface area contributed by atoms with Gasteiger partial charge in [0.25, 0.3) is 0 Å². The second-order valence-corrected chi connectivity index (χ2v) is 10.0. The van der Waals surface area contributed by atoms with E-state index in [0.29, 0.717) is 43.7 Å². The van der Waals surface area contributed by atoms with Crippen LogP contribution in [0.3, 0.4) is 0 Å². The Morgan fingerprint density at radius 3 is 2.41 bits per heavy atom. The highest BCUT2D eigenvalue weighted by Crippen LogP contribution is 2.23. The number of nitrogens with zero attached hydrogens (tertiary/aromatic N) is 3. The number of sulfonamides is 1. The average Bonchev–Trinajstić information content (AvgIpc) is 2.75. The summed E-state index contributed by atoms with van der Waals surface area (Å²) in [5, 5.41) is 1.94. The van der Waals surface area contributed by atoms with Gasteiger partial charge in [0.05, 0.1) is 11.4 Å². The van der Waals surface area contributed by atoms with Gasteiger partial charge in [0.15, 0.2) is 0 Å². The number of likely N-dealkylation sites (tertiary alicyclic amines) is 1. The van der Waals surface area contributed by atoms with Crippen molar-refractivity contribution in [3.05, 3.63) is 42.5 Å². The van der Waals surface area contributed by atoms with Gasteiger partial charge < -0.3 is 4.90 Å². The molecule has 7 heteroatoms. The molecule has 1 atom stereocenters. The summed E-state index contributed by atoms with van der Waals surface area (Å²) >= 11 is 0. The van der Waals surface area contributed by atoms with Gasteiger partial charge in [0, 0.05) is 32.2 Å². The quantitative estimate of drug-likeness (QED) is 0.770. The van der Waals surface area contributed by atoms with E-state index in [9.17, 15) is 13.2 Å². The molecule has 2 aromatic rings. The highest BCUT2D eigenvalue weighted by Gasteiger charge is 2.31. The van der Waals surface area contributed by atoms with Crippen molar-refractivity contribution in [2.75, 3.05) is 39.3 Å². The van der Waals surface area contributed by atoms with Crippen LogP contribution < -0.4 is 0 Å². The summed E-state index contributed by atoms with van der Waals surface area (Å²) in [6.07, 6.45) is 3.53. The van der Waals surface area contributed by atoms with Crippen LogP contribution in [0.5, 0.6) is 0 Å². The molecule has 0 spiro atoms. The molecule has 0 aliphatic carbocycles. The van der Waals surface area contributed by atoms with Crippen molar-refractivity contribution < 1.29 is 13.2 Å². The highest BCUT2D eigenvalue weighted by atomic mass is 32.2. The van der Waals surface area contributed by atoms with E-state index >= 15 is 0 Å². The van der Waals surface area contributed by atoms with E-state index < -0.39 is 10.0 Å². The van der Waals surface area contributed by atoms with Crippen LogP contribution in [0.4, 0.5) is 0 Å². The number of amides is 1. The van der Waals surface area contributed by atoms with Crippen LogP contribution in [0.2, 0.25) is 0 Å². The average molecular weight is 416 g/mol. The number of carbonyl (C=O) groups excluding carboxylic acids is 1. The van der Waals surface area contributed by atoms with Crippen LogP contribution >= 0.6 is 0 Å². The predicted molar refractivity (Wildman–Crippen MR) is 114 cm³/mol. The molecule has 4 rings (SSSR count). The standard InChI is InChI=1S/C22H29N3O3S/c1-18-6-4-5-11-24(18)17-22(26)23-12-14-25(15-13-23)29(27,28)21-10-9-19-7-2-3-8-20(19)16-21/h2-3,7-10,16,18H,4-6,11-15,17H2,1H3. The normalized spacial score (nSPS) is 22.1. The fourth-order valence-corrected chi connectivity index (χ4v) is 5.78. The Kier molecular flexibility index (Phi) is 5.90. The number of benzene rings is 2. The molecule has 6 nitrogen and oxygen atoms in total. The predicted octanol–water partition coefficient (Wildman–Crippen LogP) is 2.55. The summed E-state index contributed by atoms with van der Waals surface area (Å²) in [6.45, 7) is 5.19. The van der Waals surface area contributed by atoms with Crippen LogP contribution in [-0.2, 0) is 14.8 Å². The lowest BCUT2D eigenvalue weighted by atomic mass is 10.0. The van der Waals surface area contributed by atoms with Gasteiger partial charge in [-0.05, 0) is 49.2 Å². The number of hydrogen-bond acceptors (Lipinski definition) is 4. The van der Waals surface area contributed by atoms with Gasteiger partial charge in [-0.15, -0.1) is 0 Å². The molecule has 2 aromatic carbocycles. The van der Waals surface area contributed by atoms with E-state index in [1.807, 2.05) is 35.2 Å². The summed E-state index contributed by atoms with van der Waals surface area (Å²) in [6, 6.07) is 13.5. The lowest BCUT2D eigenvalue weighted by molar-refractivity contribution is -0.134. The van der Waals surface area contributed by atoms with E-state index in [0.717, 1.165) is 30.2 Å². The summed E-state index contributed by atoms with van der Waals surface area (Å²) < 4.78 is 27.7. The summed E-state index contributed by atoms with van der Waals surface area (Å²) in [5.74, 6) is 0.113. The maximum Gasteiger partial charge on any atom is 0.243 e. The Hall–Kier alpha value is -1.96. The van der Waals surface area contributed by atoms with Crippen LogP contribution in [0.1, 0.15) is 26.2 Å². The molecule has 0 N–H and O–H groups in total. The monoisotopic (exact) mass is 415 g/mol. The molecular weight excluding hydrogens is 386 g/mol. The zero-order valence-electron chi connectivity index (χ0n) is 17.0. The zero-order valence-corrected chi connectivity index (χ0v) is 17.8. The summed E-state index contributed by atoms with van der Waals surface area (Å²) in [7, 11) is -3.55. The first-order valence-electron chi connectivity index (χ1n) is 10.5. The summed E-state index contributed by atoms with van der Waals surface area (Å²) in [4.78, 5) is 17.1. The minimum Gasteiger partial charge on any atom is -0.339 e. The molecule has 2 saturated heterocycles. The maximum absolute atomic E-state index is 13.1. The number of carbonyl (C=O) groups is 1. The lowest BCUT2D eigenvalue weighted by Crippen LogP contribution is -2.53. The van der Waals surface area contributed by atoms with Crippen molar-refractivity contribution in [1.82, 2.24) is 14.1 Å². The van der Waals surface area contributed by atoms with Gasteiger partial charge in [0.2, 0.25) is 15.9 Å². The summed E-state index contributed by atoms with van der Waals surface area (Å²) in [5.41, 5.74) is 0.